The smallest absolute Gasteiger partial charge is 0.397 e. The van der Waals surface area contributed by atoms with Crippen LogP contribution < -0.4 is 0 Å². The fourth-order valence-corrected chi connectivity index (χ4v) is 10.5. The van der Waals surface area contributed by atoms with E-state index in [1.807, 2.05) is 0 Å². The quantitative estimate of drug-likeness (QED) is 0.0196. The van der Waals surface area contributed by atoms with Crippen LogP contribution in [-0.2, 0) is 38.3 Å². The molecule has 0 aliphatic carbocycles. The third-order valence-corrected chi connectivity index (χ3v) is 15.1. The van der Waals surface area contributed by atoms with Crippen molar-refractivity contribution in [1.29, 1.82) is 0 Å². The zero-order valence-electron chi connectivity index (χ0n) is 47.2. The van der Waals surface area contributed by atoms with Gasteiger partial charge in [-0.3, -0.25) is 9.35 Å². The molecule has 13 heteroatoms. The average molecular weight is 1060 g/mol. The van der Waals surface area contributed by atoms with E-state index >= 15 is 0 Å². The molecule has 12 nitrogen and oxygen atoms in total. The van der Waals surface area contributed by atoms with Crippen molar-refractivity contribution in [3.8, 4) is 0 Å². The first-order chi connectivity index (χ1) is 35.6. The van der Waals surface area contributed by atoms with Crippen LogP contribution >= 0.6 is 0 Å². The molecule has 73 heavy (non-hydrogen) atoms. The van der Waals surface area contributed by atoms with E-state index in [1.165, 1.54) is 238 Å². The predicted octanol–water partition coefficient (Wildman–Crippen LogP) is 15.7. The maximum Gasteiger partial charge on any atom is 0.397 e. The SMILES string of the molecule is CCCCCCCCCC/C=C\CCCCCCCCCCCC(=O)OC(COCCCCCCCCCCCCCCCCCCCCCCCCCCC)COC1OC(CO)C(O)C(OS(=O)(=O)O)C1O. The number of allylic oxidation sites excluding steroid dienone is 2. The minimum absolute atomic E-state index is 0.0422. The lowest BCUT2D eigenvalue weighted by atomic mass is 9.99. The Labute approximate surface area is 449 Å². The molecule has 6 atom stereocenters. The van der Waals surface area contributed by atoms with E-state index in [2.05, 4.69) is 30.2 Å². The molecule has 0 spiro atoms. The Morgan fingerprint density at radius 1 is 0.507 bits per heavy atom. The van der Waals surface area contributed by atoms with Crippen molar-refractivity contribution in [2.24, 2.45) is 0 Å². The lowest BCUT2D eigenvalue weighted by Crippen LogP contribution is -2.60. The minimum Gasteiger partial charge on any atom is -0.457 e. The lowest BCUT2D eigenvalue weighted by molar-refractivity contribution is -0.301. The Balaban J connectivity index is 2.24. The average Bonchev–Trinajstić information content (AvgIpc) is 3.37. The Morgan fingerprint density at radius 3 is 1.23 bits per heavy atom. The third kappa shape index (κ3) is 44.5. The molecule has 1 aliphatic heterocycles. The summed E-state index contributed by atoms with van der Waals surface area (Å²) in [6.07, 6.45) is 52.6. The van der Waals surface area contributed by atoms with Gasteiger partial charge in [-0.05, 0) is 38.5 Å². The number of carbonyl (C=O) groups excluding carboxylic acids is 1. The Hall–Kier alpha value is -1.16. The molecule has 434 valence electrons. The molecule has 1 fully saturated rings. The molecule has 1 saturated heterocycles. The summed E-state index contributed by atoms with van der Waals surface area (Å²) < 4.78 is 59.5. The summed E-state index contributed by atoms with van der Waals surface area (Å²) >= 11 is 0. The van der Waals surface area contributed by atoms with E-state index in [1.54, 1.807) is 0 Å². The molecule has 4 N–H and O–H groups in total. The number of ether oxygens (including phenoxy) is 4. The first-order valence-electron chi connectivity index (χ1n) is 30.9. The van der Waals surface area contributed by atoms with Gasteiger partial charge in [0.1, 0.15) is 30.5 Å². The van der Waals surface area contributed by atoms with Gasteiger partial charge in [-0.1, -0.05) is 270 Å². The molecule has 0 amide bonds. The Kier molecular flexibility index (Phi) is 49.4. The summed E-state index contributed by atoms with van der Waals surface area (Å²) in [7, 11) is -5.07. The number of hydrogen-bond donors (Lipinski definition) is 4. The van der Waals surface area contributed by atoms with Gasteiger partial charge in [-0.25, -0.2) is 4.18 Å². The van der Waals surface area contributed by atoms with E-state index in [-0.39, 0.29) is 19.6 Å². The fourth-order valence-electron chi connectivity index (χ4n) is 9.97. The summed E-state index contributed by atoms with van der Waals surface area (Å²) in [6.45, 7) is 4.07. The van der Waals surface area contributed by atoms with Crippen LogP contribution in [0.2, 0.25) is 0 Å². The normalized spacial score (nSPS) is 18.8. The van der Waals surface area contributed by atoms with Gasteiger partial charge < -0.3 is 34.3 Å². The van der Waals surface area contributed by atoms with Crippen molar-refractivity contribution < 1.29 is 56.2 Å². The summed E-state index contributed by atoms with van der Waals surface area (Å²) in [5.41, 5.74) is 0. The van der Waals surface area contributed by atoms with E-state index in [4.69, 9.17) is 18.9 Å². The van der Waals surface area contributed by atoms with E-state index in [0.29, 0.717) is 13.0 Å². The zero-order valence-corrected chi connectivity index (χ0v) is 48.0. The van der Waals surface area contributed by atoms with Crippen molar-refractivity contribution in [2.75, 3.05) is 26.4 Å². The molecular formula is C60H116O12S. The molecule has 0 radical (unpaired) electrons. The lowest BCUT2D eigenvalue weighted by Gasteiger charge is -2.41. The highest BCUT2D eigenvalue weighted by Gasteiger charge is 2.48. The van der Waals surface area contributed by atoms with Gasteiger partial charge in [0.25, 0.3) is 0 Å². The second-order valence-electron chi connectivity index (χ2n) is 21.7. The van der Waals surface area contributed by atoms with E-state index < -0.39 is 59.8 Å². The Morgan fingerprint density at radius 2 is 0.863 bits per heavy atom. The number of carbonyl (C=O) groups is 1. The summed E-state index contributed by atoms with van der Waals surface area (Å²) in [5, 5.41) is 30.9. The summed E-state index contributed by atoms with van der Waals surface area (Å²) in [4.78, 5) is 13.0. The van der Waals surface area contributed by atoms with Crippen LogP contribution in [0.15, 0.2) is 12.2 Å². The van der Waals surface area contributed by atoms with Crippen LogP contribution in [-0.4, -0.2) is 97.5 Å². The highest BCUT2D eigenvalue weighted by atomic mass is 32.3. The summed E-state index contributed by atoms with van der Waals surface area (Å²) in [5.74, 6) is -0.393. The second kappa shape index (κ2) is 51.6. The van der Waals surface area contributed by atoms with Crippen molar-refractivity contribution in [3.05, 3.63) is 12.2 Å². The van der Waals surface area contributed by atoms with Crippen LogP contribution in [0.5, 0.6) is 0 Å². The number of esters is 1. The highest BCUT2D eigenvalue weighted by molar-refractivity contribution is 7.80. The molecule has 1 rings (SSSR count). The van der Waals surface area contributed by atoms with Crippen LogP contribution in [0.1, 0.15) is 303 Å². The van der Waals surface area contributed by atoms with E-state index in [0.717, 1.165) is 38.5 Å². The van der Waals surface area contributed by atoms with Gasteiger partial charge in [0.15, 0.2) is 6.29 Å². The largest absolute Gasteiger partial charge is 0.457 e. The van der Waals surface area contributed by atoms with Crippen LogP contribution in [0, 0.1) is 0 Å². The molecule has 0 saturated carbocycles. The number of aliphatic hydroxyl groups excluding tert-OH is 3. The maximum atomic E-state index is 13.0. The zero-order chi connectivity index (χ0) is 53.1. The monoisotopic (exact) mass is 1060 g/mol. The first kappa shape index (κ1) is 69.9. The van der Waals surface area contributed by atoms with Crippen molar-refractivity contribution in [1.82, 2.24) is 0 Å². The third-order valence-electron chi connectivity index (χ3n) is 14.6. The topological polar surface area (TPSA) is 178 Å². The maximum absolute atomic E-state index is 13.0. The predicted molar refractivity (Wildman–Crippen MR) is 299 cm³/mol. The van der Waals surface area contributed by atoms with Crippen molar-refractivity contribution in [2.45, 2.75) is 340 Å². The molecular weight excluding hydrogens is 945 g/mol. The van der Waals surface area contributed by atoms with Gasteiger partial charge >= 0.3 is 16.4 Å². The molecule has 0 aromatic heterocycles. The highest BCUT2D eigenvalue weighted by Crippen LogP contribution is 2.26. The van der Waals surface area contributed by atoms with Gasteiger partial charge in [-0.2, -0.15) is 8.42 Å². The number of hydrogen-bond acceptors (Lipinski definition) is 11. The standard InChI is InChI=1S/C60H116O12S/c1-3-5-7-9-11-13-15-17-19-21-23-25-26-27-28-30-32-34-36-38-40-42-44-46-48-50-68-52-54(53-69-60-58(64)59(72-73(65,66)67)57(63)55(51-61)71-60)70-56(62)49-47-45-43-41-39-37-35-33-31-29-24-22-20-18-16-14-12-10-8-6-4-2/h22,24,54-55,57-61,63-64H,3-21,23,25-53H2,1-2H3,(H,65,66,67)/b24-22-. The van der Waals surface area contributed by atoms with Crippen LogP contribution in [0.3, 0.4) is 0 Å². The minimum atomic E-state index is -5.07. The molecule has 0 aromatic carbocycles. The number of unbranched alkanes of at least 4 members (excludes halogenated alkanes) is 41. The molecule has 0 bridgehead atoms. The van der Waals surface area contributed by atoms with Crippen molar-refractivity contribution in [3.63, 3.8) is 0 Å². The van der Waals surface area contributed by atoms with E-state index in [9.17, 15) is 33.1 Å². The molecule has 6 unspecified atom stereocenters. The second-order valence-corrected chi connectivity index (χ2v) is 22.7. The van der Waals surface area contributed by atoms with Gasteiger partial charge in [-0.15, -0.1) is 0 Å². The summed E-state index contributed by atoms with van der Waals surface area (Å²) in [6, 6.07) is 0. The first-order valence-corrected chi connectivity index (χ1v) is 32.3. The van der Waals surface area contributed by atoms with Crippen LogP contribution in [0.4, 0.5) is 0 Å². The van der Waals surface area contributed by atoms with Gasteiger partial charge in [0.2, 0.25) is 0 Å². The molecule has 0 aromatic rings. The van der Waals surface area contributed by atoms with Gasteiger partial charge in [0.05, 0.1) is 19.8 Å². The van der Waals surface area contributed by atoms with Crippen LogP contribution in [0.25, 0.3) is 0 Å². The van der Waals surface area contributed by atoms with Crippen molar-refractivity contribution >= 4 is 16.4 Å². The molecule has 1 aliphatic rings. The molecule has 1 heterocycles. The number of aliphatic hydroxyl groups is 3. The number of rotatable bonds is 56. The van der Waals surface area contributed by atoms with Gasteiger partial charge in [0, 0.05) is 13.0 Å². The Bertz CT molecular complexity index is 1320. The fraction of sp³-hybridized carbons (Fsp3) is 0.950.